The number of aromatic amines is 1. The van der Waals surface area contributed by atoms with Gasteiger partial charge in [0.15, 0.2) is 5.16 Å². The quantitative estimate of drug-likeness (QED) is 0.786. The fraction of sp³-hybridized carbons (Fsp3) is 0.182. The predicted molar refractivity (Wildman–Crippen MR) is 68.3 cm³/mol. The van der Waals surface area contributed by atoms with E-state index in [1.165, 1.54) is 16.3 Å². The average molecular weight is 264 g/mol. The molecule has 0 saturated carbocycles. The zero-order chi connectivity index (χ0) is 13.1. The number of nitrogens with zero attached hydrogens (tertiary/aromatic N) is 2. The highest BCUT2D eigenvalue weighted by molar-refractivity contribution is 7.98. The Kier molecular flexibility index (Phi) is 3.52. The number of hydrogen-bond donors (Lipinski definition) is 2. The number of carbonyl (C=O) groups is 1. The third-order valence-electron chi connectivity index (χ3n) is 2.45. The lowest BCUT2D eigenvalue weighted by atomic mass is 10.1. The molecule has 1 aromatic heterocycles. The lowest BCUT2D eigenvalue weighted by molar-refractivity contribution is 0.100. The molecule has 6 nitrogen and oxygen atoms in total. The molecule has 0 unspecified atom stereocenters. The van der Waals surface area contributed by atoms with Crippen molar-refractivity contribution < 1.29 is 4.79 Å². The largest absolute Gasteiger partial charge is 0.366 e. The number of nitrogens with one attached hydrogen (secondary N) is 1. The Hall–Kier alpha value is -2.02. The fourth-order valence-corrected chi connectivity index (χ4v) is 2.25. The average Bonchev–Trinajstić information content (AvgIpc) is 2.68. The topological polar surface area (TPSA) is 93.8 Å². The summed E-state index contributed by atoms with van der Waals surface area (Å²) in [6.45, 7) is 0. The van der Waals surface area contributed by atoms with Gasteiger partial charge in [0.05, 0.1) is 0 Å². The van der Waals surface area contributed by atoms with E-state index in [9.17, 15) is 9.59 Å². The minimum atomic E-state index is -0.441. The van der Waals surface area contributed by atoms with Crippen LogP contribution in [0.15, 0.2) is 34.2 Å². The van der Waals surface area contributed by atoms with Crippen LogP contribution in [-0.4, -0.2) is 20.7 Å². The maximum absolute atomic E-state index is 11.2. The number of hydrogen-bond acceptors (Lipinski definition) is 4. The van der Waals surface area contributed by atoms with Gasteiger partial charge in [0.2, 0.25) is 5.91 Å². The third kappa shape index (κ3) is 2.62. The van der Waals surface area contributed by atoms with E-state index in [1.807, 2.05) is 12.1 Å². The van der Waals surface area contributed by atoms with Gasteiger partial charge in [-0.3, -0.25) is 9.36 Å². The van der Waals surface area contributed by atoms with Gasteiger partial charge in [-0.05, 0) is 17.7 Å². The van der Waals surface area contributed by atoms with Gasteiger partial charge in [-0.1, -0.05) is 23.9 Å². The third-order valence-corrected chi connectivity index (χ3v) is 3.55. The second-order valence-corrected chi connectivity index (χ2v) is 4.66. The summed E-state index contributed by atoms with van der Waals surface area (Å²) >= 11 is 1.44. The number of benzene rings is 1. The van der Waals surface area contributed by atoms with E-state index in [4.69, 9.17) is 5.73 Å². The molecule has 0 aliphatic heterocycles. The van der Waals surface area contributed by atoms with Gasteiger partial charge < -0.3 is 5.73 Å². The minimum absolute atomic E-state index is 0.235. The molecule has 2 rings (SSSR count). The number of thioether (sulfide) groups is 1. The molecule has 3 N–H and O–H groups in total. The first-order valence-corrected chi connectivity index (χ1v) is 6.19. The summed E-state index contributed by atoms with van der Waals surface area (Å²) in [6, 6.07) is 7.03. The summed E-state index contributed by atoms with van der Waals surface area (Å²) in [5.41, 5.74) is 6.43. The van der Waals surface area contributed by atoms with E-state index in [2.05, 4.69) is 10.2 Å². The molecule has 1 amide bonds. The molecule has 2 aromatic rings. The van der Waals surface area contributed by atoms with Gasteiger partial charge >= 0.3 is 5.69 Å². The molecular formula is C11H12N4O2S. The van der Waals surface area contributed by atoms with E-state index in [0.29, 0.717) is 16.5 Å². The number of primary amides is 1. The SMILES string of the molecule is Cn1c(SCc2ccc(C(N)=O)cc2)n[nH]c1=O. The summed E-state index contributed by atoms with van der Waals surface area (Å²) in [7, 11) is 1.66. The molecule has 0 aliphatic carbocycles. The van der Waals surface area contributed by atoms with Crippen LogP contribution in [-0.2, 0) is 12.8 Å². The Balaban J connectivity index is 2.04. The van der Waals surface area contributed by atoms with Crippen LogP contribution in [0, 0.1) is 0 Å². The second kappa shape index (κ2) is 5.09. The van der Waals surface area contributed by atoms with Gasteiger partial charge in [-0.15, -0.1) is 5.10 Å². The van der Waals surface area contributed by atoms with Crippen LogP contribution in [0.5, 0.6) is 0 Å². The lowest BCUT2D eigenvalue weighted by Crippen LogP contribution is -2.12. The number of amides is 1. The van der Waals surface area contributed by atoms with E-state index in [1.54, 1.807) is 19.2 Å². The molecule has 1 heterocycles. The molecule has 18 heavy (non-hydrogen) atoms. The zero-order valence-corrected chi connectivity index (χ0v) is 10.5. The normalized spacial score (nSPS) is 10.5. The van der Waals surface area contributed by atoms with Gasteiger partial charge in [-0.25, -0.2) is 9.89 Å². The molecule has 0 atom stereocenters. The molecule has 0 saturated heterocycles. The molecule has 0 spiro atoms. The Bertz CT molecular complexity index is 615. The van der Waals surface area contributed by atoms with Crippen molar-refractivity contribution in [1.29, 1.82) is 0 Å². The maximum Gasteiger partial charge on any atom is 0.343 e. The van der Waals surface area contributed by atoms with Crippen molar-refractivity contribution in [3.8, 4) is 0 Å². The Morgan fingerprint density at radius 1 is 1.44 bits per heavy atom. The summed E-state index contributed by atoms with van der Waals surface area (Å²) < 4.78 is 1.45. The molecule has 94 valence electrons. The second-order valence-electron chi connectivity index (χ2n) is 3.72. The standard InChI is InChI=1S/C11H12N4O2S/c1-15-10(17)13-14-11(15)18-6-7-2-4-8(5-3-7)9(12)16/h2-5H,6H2,1H3,(H2,12,16)(H,13,17). The number of rotatable bonds is 4. The summed E-state index contributed by atoms with van der Waals surface area (Å²) in [6.07, 6.45) is 0. The van der Waals surface area contributed by atoms with Crippen molar-refractivity contribution in [2.45, 2.75) is 10.9 Å². The van der Waals surface area contributed by atoms with Crippen molar-refractivity contribution in [1.82, 2.24) is 14.8 Å². The number of nitrogens with two attached hydrogens (primary N) is 1. The summed E-state index contributed by atoms with van der Waals surface area (Å²) in [5, 5.41) is 6.89. The maximum atomic E-state index is 11.2. The Morgan fingerprint density at radius 2 is 2.11 bits per heavy atom. The van der Waals surface area contributed by atoms with E-state index < -0.39 is 5.91 Å². The zero-order valence-electron chi connectivity index (χ0n) is 9.71. The van der Waals surface area contributed by atoms with Crippen molar-refractivity contribution in [3.05, 3.63) is 45.9 Å². The van der Waals surface area contributed by atoms with Crippen LogP contribution in [0.3, 0.4) is 0 Å². The van der Waals surface area contributed by atoms with Crippen molar-refractivity contribution in [2.75, 3.05) is 0 Å². The number of aromatic nitrogens is 3. The molecule has 0 aliphatic rings. The highest BCUT2D eigenvalue weighted by atomic mass is 32.2. The van der Waals surface area contributed by atoms with E-state index >= 15 is 0 Å². The molecule has 0 bridgehead atoms. The van der Waals surface area contributed by atoms with E-state index in [0.717, 1.165) is 5.56 Å². The van der Waals surface area contributed by atoms with Crippen LogP contribution < -0.4 is 11.4 Å². The van der Waals surface area contributed by atoms with Gasteiger partial charge in [0.1, 0.15) is 0 Å². The van der Waals surface area contributed by atoms with Crippen molar-refractivity contribution in [2.24, 2.45) is 12.8 Å². The highest BCUT2D eigenvalue weighted by Crippen LogP contribution is 2.19. The van der Waals surface area contributed by atoms with Crippen molar-refractivity contribution >= 4 is 17.7 Å². The van der Waals surface area contributed by atoms with Crippen LogP contribution in [0.2, 0.25) is 0 Å². The summed E-state index contributed by atoms with van der Waals surface area (Å²) in [5.74, 6) is 0.223. The number of carbonyl (C=O) groups excluding carboxylic acids is 1. The Morgan fingerprint density at radius 3 is 2.61 bits per heavy atom. The van der Waals surface area contributed by atoms with Crippen LogP contribution in [0.25, 0.3) is 0 Å². The number of H-pyrrole nitrogens is 1. The first-order chi connectivity index (χ1) is 8.58. The first-order valence-electron chi connectivity index (χ1n) is 5.21. The first kappa shape index (κ1) is 12.4. The fourth-order valence-electron chi connectivity index (χ4n) is 1.37. The van der Waals surface area contributed by atoms with Crippen molar-refractivity contribution in [3.63, 3.8) is 0 Å². The molecular weight excluding hydrogens is 252 g/mol. The van der Waals surface area contributed by atoms with Crippen LogP contribution in [0.4, 0.5) is 0 Å². The van der Waals surface area contributed by atoms with Crippen LogP contribution >= 0.6 is 11.8 Å². The minimum Gasteiger partial charge on any atom is -0.366 e. The van der Waals surface area contributed by atoms with Gasteiger partial charge in [0, 0.05) is 18.4 Å². The molecule has 0 radical (unpaired) electrons. The monoisotopic (exact) mass is 264 g/mol. The molecule has 7 heteroatoms. The van der Waals surface area contributed by atoms with E-state index in [-0.39, 0.29) is 5.69 Å². The molecule has 0 fully saturated rings. The lowest BCUT2D eigenvalue weighted by Gasteiger charge is -2.01. The predicted octanol–water partition coefficient (Wildman–Crippen LogP) is 0.500. The van der Waals surface area contributed by atoms with Crippen LogP contribution in [0.1, 0.15) is 15.9 Å². The highest BCUT2D eigenvalue weighted by Gasteiger charge is 2.05. The van der Waals surface area contributed by atoms with Gasteiger partial charge in [-0.2, -0.15) is 0 Å². The van der Waals surface area contributed by atoms with Gasteiger partial charge in [0.25, 0.3) is 0 Å². The smallest absolute Gasteiger partial charge is 0.343 e. The summed E-state index contributed by atoms with van der Waals surface area (Å²) in [4.78, 5) is 22.1. The Labute approximate surface area is 107 Å². The molecule has 1 aromatic carbocycles.